The smallest absolute Gasteiger partial charge is 0.299 e. The SMILES string of the molecule is O=C1CCCCC1c1cccc2c1Cc1ccccc1-2.O=S(=O)(OCC1CCCCC1)C(F)(F)F. The van der Waals surface area contributed by atoms with Gasteiger partial charge in [0.2, 0.25) is 0 Å². The van der Waals surface area contributed by atoms with Gasteiger partial charge in [0, 0.05) is 12.3 Å². The summed E-state index contributed by atoms with van der Waals surface area (Å²) in [5, 5.41) is 0. The third-order valence-electron chi connectivity index (χ3n) is 7.28. The molecule has 2 aromatic rings. The Kier molecular flexibility index (Phi) is 8.01. The van der Waals surface area contributed by atoms with Crippen LogP contribution in [0.15, 0.2) is 42.5 Å². The van der Waals surface area contributed by atoms with E-state index in [1.807, 2.05) is 0 Å². The summed E-state index contributed by atoms with van der Waals surface area (Å²) >= 11 is 0. The molecule has 0 amide bonds. The highest BCUT2D eigenvalue weighted by Gasteiger charge is 2.47. The summed E-state index contributed by atoms with van der Waals surface area (Å²) in [5.74, 6) is 0.532. The van der Waals surface area contributed by atoms with Crippen LogP contribution in [0.5, 0.6) is 0 Å². The second kappa shape index (κ2) is 10.8. The van der Waals surface area contributed by atoms with Crippen molar-refractivity contribution >= 4 is 15.9 Å². The van der Waals surface area contributed by atoms with Gasteiger partial charge in [0.15, 0.2) is 0 Å². The van der Waals surface area contributed by atoms with E-state index >= 15 is 0 Å². The number of alkyl halides is 3. The van der Waals surface area contributed by atoms with Crippen LogP contribution in [0.2, 0.25) is 0 Å². The molecule has 4 nitrogen and oxygen atoms in total. The molecule has 1 unspecified atom stereocenters. The van der Waals surface area contributed by atoms with Gasteiger partial charge in [0.1, 0.15) is 5.78 Å². The Morgan fingerprint density at radius 1 is 0.857 bits per heavy atom. The van der Waals surface area contributed by atoms with E-state index < -0.39 is 15.6 Å². The fourth-order valence-corrected chi connectivity index (χ4v) is 5.93. The van der Waals surface area contributed by atoms with E-state index in [0.717, 1.165) is 57.8 Å². The molecule has 2 fully saturated rings. The molecule has 0 radical (unpaired) electrons. The maximum absolute atomic E-state index is 12.3. The lowest BCUT2D eigenvalue weighted by atomic mass is 9.80. The summed E-state index contributed by atoms with van der Waals surface area (Å²) in [6, 6.07) is 15.1. The highest BCUT2D eigenvalue weighted by molar-refractivity contribution is 7.87. The predicted molar refractivity (Wildman–Crippen MR) is 128 cm³/mol. The van der Waals surface area contributed by atoms with Gasteiger partial charge in [-0.1, -0.05) is 68.1 Å². The predicted octanol–water partition coefficient (Wildman–Crippen LogP) is 6.92. The molecule has 0 aromatic heterocycles. The zero-order chi connectivity index (χ0) is 25.1. The largest absolute Gasteiger partial charge is 0.523 e. The van der Waals surface area contributed by atoms with Crippen molar-refractivity contribution in [3.05, 3.63) is 59.2 Å². The zero-order valence-electron chi connectivity index (χ0n) is 19.6. The van der Waals surface area contributed by atoms with E-state index in [-0.39, 0.29) is 18.4 Å². The number of Topliss-reactive ketones (excluding diaryl/α,β-unsaturated/α-hetero) is 1. The Balaban J connectivity index is 0.000000174. The molecular formula is C27H31F3O4S. The number of hydrogen-bond donors (Lipinski definition) is 0. The van der Waals surface area contributed by atoms with E-state index in [9.17, 15) is 26.4 Å². The molecule has 3 aliphatic rings. The zero-order valence-corrected chi connectivity index (χ0v) is 20.5. The molecule has 35 heavy (non-hydrogen) atoms. The standard InChI is InChI=1S/C19H18O.C8H13F3O3S/c20-19-11-4-3-8-17(19)16-10-5-9-15-14-7-2-1-6-13(14)12-18(15)16;9-8(10,11)15(12,13)14-6-7-4-2-1-3-5-7/h1-2,5-7,9-10,17H,3-4,8,11-12H2;7H,1-6H2. The van der Waals surface area contributed by atoms with Gasteiger partial charge in [0.25, 0.3) is 0 Å². The molecule has 1 atom stereocenters. The number of halogens is 3. The Morgan fingerprint density at radius 3 is 2.26 bits per heavy atom. The van der Waals surface area contributed by atoms with Gasteiger partial charge in [-0.05, 0) is 65.8 Å². The van der Waals surface area contributed by atoms with Crippen LogP contribution in [0.25, 0.3) is 11.1 Å². The molecule has 0 spiro atoms. The topological polar surface area (TPSA) is 60.4 Å². The summed E-state index contributed by atoms with van der Waals surface area (Å²) in [6.45, 7) is -0.345. The average molecular weight is 509 g/mol. The summed E-state index contributed by atoms with van der Waals surface area (Å²) in [4.78, 5) is 12.3. The Morgan fingerprint density at radius 2 is 1.54 bits per heavy atom. The molecule has 3 aliphatic carbocycles. The maximum Gasteiger partial charge on any atom is 0.523 e. The van der Waals surface area contributed by atoms with Gasteiger partial charge in [-0.2, -0.15) is 21.6 Å². The maximum atomic E-state index is 12.3. The number of hydrogen-bond acceptors (Lipinski definition) is 4. The van der Waals surface area contributed by atoms with Gasteiger partial charge in [-0.3, -0.25) is 8.98 Å². The quantitative estimate of drug-likeness (QED) is 0.284. The van der Waals surface area contributed by atoms with Crippen molar-refractivity contribution in [2.24, 2.45) is 5.92 Å². The minimum atomic E-state index is -5.40. The molecule has 190 valence electrons. The van der Waals surface area contributed by atoms with Gasteiger partial charge in [0.05, 0.1) is 6.61 Å². The third-order valence-corrected chi connectivity index (χ3v) is 8.30. The molecule has 2 saturated carbocycles. The summed E-state index contributed by atoms with van der Waals surface area (Å²) in [6.07, 6.45) is 9.46. The monoisotopic (exact) mass is 508 g/mol. The van der Waals surface area contributed by atoms with Gasteiger partial charge < -0.3 is 0 Å². The molecule has 0 bridgehead atoms. The molecule has 0 heterocycles. The van der Waals surface area contributed by atoms with Crippen molar-refractivity contribution < 1.29 is 30.6 Å². The molecule has 0 saturated heterocycles. The average Bonchev–Trinajstić information content (AvgIpc) is 3.23. The van der Waals surface area contributed by atoms with Gasteiger partial charge in [-0.15, -0.1) is 0 Å². The molecular weight excluding hydrogens is 477 g/mol. The lowest BCUT2D eigenvalue weighted by Gasteiger charge is -2.23. The molecule has 0 N–H and O–H groups in total. The van der Waals surface area contributed by atoms with Gasteiger partial charge in [-0.25, -0.2) is 0 Å². The highest BCUT2D eigenvalue weighted by Crippen LogP contribution is 2.42. The first-order valence-corrected chi connectivity index (χ1v) is 13.8. The van der Waals surface area contributed by atoms with Crippen LogP contribution in [0.1, 0.15) is 80.4 Å². The van der Waals surface area contributed by atoms with Crippen LogP contribution in [0.3, 0.4) is 0 Å². The number of rotatable bonds is 4. The van der Waals surface area contributed by atoms with Crippen molar-refractivity contribution in [2.75, 3.05) is 6.61 Å². The van der Waals surface area contributed by atoms with Crippen molar-refractivity contribution in [2.45, 2.75) is 75.6 Å². The van der Waals surface area contributed by atoms with Crippen LogP contribution in [0, 0.1) is 5.92 Å². The minimum absolute atomic E-state index is 0.0594. The number of carbonyl (C=O) groups excluding carboxylic acids is 1. The van der Waals surface area contributed by atoms with Crippen molar-refractivity contribution in [3.8, 4) is 11.1 Å². The fourth-order valence-electron chi connectivity index (χ4n) is 5.43. The lowest BCUT2D eigenvalue weighted by molar-refractivity contribution is -0.121. The summed E-state index contributed by atoms with van der Waals surface area (Å²) < 4.78 is 60.7. The van der Waals surface area contributed by atoms with Crippen molar-refractivity contribution in [3.63, 3.8) is 0 Å². The number of carbonyl (C=O) groups is 1. The summed E-state index contributed by atoms with van der Waals surface area (Å²) in [5.41, 5.74) is 1.49. The number of fused-ring (bicyclic) bond motifs is 3. The Hall–Kier alpha value is -2.19. The normalized spacial score (nSPS) is 20.5. The van der Waals surface area contributed by atoms with E-state index in [1.165, 1.54) is 34.2 Å². The van der Waals surface area contributed by atoms with Crippen molar-refractivity contribution in [1.29, 1.82) is 0 Å². The first kappa shape index (κ1) is 25.9. The summed E-state index contributed by atoms with van der Waals surface area (Å²) in [7, 11) is -5.40. The van der Waals surface area contributed by atoms with Crippen LogP contribution < -0.4 is 0 Å². The molecule has 2 aromatic carbocycles. The van der Waals surface area contributed by atoms with Crippen LogP contribution in [0.4, 0.5) is 13.2 Å². The highest BCUT2D eigenvalue weighted by atomic mass is 32.2. The molecule has 8 heteroatoms. The second-order valence-corrected chi connectivity index (χ2v) is 11.3. The van der Waals surface area contributed by atoms with Crippen LogP contribution in [-0.2, 0) is 25.5 Å². The second-order valence-electron chi connectivity index (χ2n) is 9.66. The number of ketones is 1. The van der Waals surface area contributed by atoms with Crippen molar-refractivity contribution in [1.82, 2.24) is 0 Å². The van der Waals surface area contributed by atoms with E-state index in [0.29, 0.717) is 5.78 Å². The first-order valence-electron chi connectivity index (χ1n) is 12.4. The first-order chi connectivity index (χ1) is 16.7. The Labute approximate surface area is 205 Å². The molecule has 5 rings (SSSR count). The van der Waals surface area contributed by atoms with Crippen LogP contribution >= 0.6 is 0 Å². The van der Waals surface area contributed by atoms with Crippen LogP contribution in [-0.4, -0.2) is 26.3 Å². The number of benzene rings is 2. The third kappa shape index (κ3) is 5.97. The van der Waals surface area contributed by atoms with Gasteiger partial charge >= 0.3 is 15.6 Å². The van der Waals surface area contributed by atoms with E-state index in [1.54, 1.807) is 0 Å². The molecule has 0 aliphatic heterocycles. The fraction of sp³-hybridized carbons (Fsp3) is 0.519. The van der Waals surface area contributed by atoms with E-state index in [4.69, 9.17) is 0 Å². The van der Waals surface area contributed by atoms with E-state index in [2.05, 4.69) is 46.6 Å². The Bertz CT molecular complexity index is 1150. The lowest BCUT2D eigenvalue weighted by Crippen LogP contribution is -2.28. The minimum Gasteiger partial charge on any atom is -0.299 e.